The lowest BCUT2D eigenvalue weighted by molar-refractivity contribution is -0.0877. The van der Waals surface area contributed by atoms with E-state index in [1.54, 1.807) is 60.7 Å². The molecule has 11 heteroatoms. The number of hydrogen-bond acceptors (Lipinski definition) is 1. The molecule has 0 radical (unpaired) electrons. The molecule has 316 valence electrons. The molecule has 1 nitrogen and oxygen atoms in total. The molecular formula is C52H32F10O. The Bertz CT molecular complexity index is 2590. The zero-order chi connectivity index (χ0) is 44.5. The van der Waals surface area contributed by atoms with Gasteiger partial charge in [-0.05, 0) is 105 Å². The molecule has 0 heterocycles. The minimum absolute atomic E-state index is 0.304. The molecule has 0 bridgehead atoms. The van der Waals surface area contributed by atoms with E-state index in [2.05, 4.69) is 0 Å². The lowest BCUT2D eigenvalue weighted by Crippen LogP contribution is -2.46. The van der Waals surface area contributed by atoms with Crippen molar-refractivity contribution >= 4 is 0 Å². The van der Waals surface area contributed by atoms with E-state index in [0.29, 0.717) is 23.3 Å². The molecular weight excluding hydrogens is 831 g/mol. The Morgan fingerprint density at radius 1 is 0.317 bits per heavy atom. The molecule has 0 aliphatic carbocycles. The van der Waals surface area contributed by atoms with Gasteiger partial charge in [0.25, 0.3) is 0 Å². The van der Waals surface area contributed by atoms with E-state index in [9.17, 15) is 17.6 Å². The molecule has 0 spiro atoms. The molecule has 0 unspecified atom stereocenters. The van der Waals surface area contributed by atoms with Gasteiger partial charge in [0.2, 0.25) is 0 Å². The predicted molar refractivity (Wildman–Crippen MR) is 218 cm³/mol. The minimum Gasteiger partial charge on any atom is -0.340 e. The monoisotopic (exact) mass is 862 g/mol. The van der Waals surface area contributed by atoms with Crippen LogP contribution >= 0.6 is 0 Å². The SMILES string of the molecule is Fc1ccc(C(OC(c2ccc(F)cc2)(c2ccc(F)cc2)c2c(F)cc(Cc3ccccc3)c(F)c2F)(c2ccc(F)cc2)c2c(F)cc(Cc3ccccc3)c(F)c2F)cc1. The molecule has 0 saturated heterocycles. The van der Waals surface area contributed by atoms with Crippen molar-refractivity contribution in [1.82, 2.24) is 0 Å². The maximum absolute atomic E-state index is 17.5. The zero-order valence-corrected chi connectivity index (χ0v) is 32.8. The van der Waals surface area contributed by atoms with Gasteiger partial charge in [-0.25, -0.2) is 43.9 Å². The summed E-state index contributed by atoms with van der Waals surface area (Å²) < 4.78 is 170. The Kier molecular flexibility index (Phi) is 11.8. The zero-order valence-electron chi connectivity index (χ0n) is 32.8. The Labute approximate surface area is 355 Å². The largest absolute Gasteiger partial charge is 0.340 e. The van der Waals surface area contributed by atoms with E-state index in [4.69, 9.17) is 4.74 Å². The van der Waals surface area contributed by atoms with Gasteiger partial charge in [0, 0.05) is 12.8 Å². The molecule has 0 N–H and O–H groups in total. The second-order valence-electron chi connectivity index (χ2n) is 14.9. The maximum atomic E-state index is 17.5. The Morgan fingerprint density at radius 3 is 0.857 bits per heavy atom. The first-order valence-electron chi connectivity index (χ1n) is 19.5. The molecule has 63 heavy (non-hydrogen) atoms. The van der Waals surface area contributed by atoms with Gasteiger partial charge in [0.15, 0.2) is 34.5 Å². The van der Waals surface area contributed by atoms with E-state index in [1.807, 2.05) is 0 Å². The van der Waals surface area contributed by atoms with Crippen molar-refractivity contribution in [2.45, 2.75) is 24.0 Å². The maximum Gasteiger partial charge on any atom is 0.168 e. The van der Waals surface area contributed by atoms with Crippen LogP contribution < -0.4 is 0 Å². The van der Waals surface area contributed by atoms with Gasteiger partial charge < -0.3 is 4.74 Å². The Morgan fingerprint density at radius 2 is 0.587 bits per heavy atom. The number of ether oxygens (including phenoxy) is 1. The van der Waals surface area contributed by atoms with E-state index < -0.39 is 114 Å². The van der Waals surface area contributed by atoms with E-state index in [0.717, 1.165) is 97.1 Å². The molecule has 0 aliphatic rings. The molecule has 0 atom stereocenters. The smallest absolute Gasteiger partial charge is 0.168 e. The summed E-state index contributed by atoms with van der Waals surface area (Å²) in [6.45, 7) is 0. The van der Waals surface area contributed by atoms with E-state index in [-0.39, 0.29) is 12.8 Å². The molecule has 0 saturated carbocycles. The van der Waals surface area contributed by atoms with Gasteiger partial charge in [0.05, 0.1) is 11.1 Å². The average Bonchev–Trinajstić information content (AvgIpc) is 3.28. The van der Waals surface area contributed by atoms with Crippen LogP contribution in [0.5, 0.6) is 0 Å². The van der Waals surface area contributed by atoms with Crippen LogP contribution in [-0.2, 0) is 28.8 Å². The van der Waals surface area contributed by atoms with Crippen LogP contribution in [0.15, 0.2) is 170 Å². The van der Waals surface area contributed by atoms with Crippen molar-refractivity contribution in [3.8, 4) is 0 Å². The van der Waals surface area contributed by atoms with E-state index >= 15 is 26.3 Å². The van der Waals surface area contributed by atoms with Gasteiger partial charge in [-0.1, -0.05) is 109 Å². The molecule has 0 fully saturated rings. The standard InChI is InChI=1S/C52H32F10O/c53-39-19-11-35(12-20-39)51(36-13-21-40(54)22-14-36,45-43(57)29-33(47(59)49(45)61)27-31-7-3-1-4-8-31)63-52(37-15-23-41(55)24-16-37,38-17-25-42(56)26-18-38)46-44(58)30-34(48(60)50(46)62)28-32-9-5-2-6-10-32/h1-26,29-30H,27-28H2. The fourth-order valence-corrected chi connectivity index (χ4v) is 8.04. The van der Waals surface area contributed by atoms with Gasteiger partial charge in [-0.15, -0.1) is 0 Å². The third-order valence-corrected chi connectivity index (χ3v) is 11.0. The highest BCUT2D eigenvalue weighted by Gasteiger charge is 2.54. The van der Waals surface area contributed by atoms with Crippen LogP contribution in [0.4, 0.5) is 43.9 Å². The van der Waals surface area contributed by atoms with Crippen LogP contribution in [0.2, 0.25) is 0 Å². The van der Waals surface area contributed by atoms with Crippen LogP contribution in [0.3, 0.4) is 0 Å². The number of rotatable bonds is 12. The highest BCUT2D eigenvalue weighted by atomic mass is 19.2. The van der Waals surface area contributed by atoms with Crippen LogP contribution in [0, 0.1) is 58.2 Å². The second kappa shape index (κ2) is 17.4. The molecule has 8 aromatic carbocycles. The fourth-order valence-electron chi connectivity index (χ4n) is 8.04. The van der Waals surface area contributed by atoms with Crippen molar-refractivity contribution in [1.29, 1.82) is 0 Å². The number of hydrogen-bond donors (Lipinski definition) is 0. The van der Waals surface area contributed by atoms with Crippen molar-refractivity contribution < 1.29 is 48.6 Å². The Balaban J connectivity index is 1.53. The third kappa shape index (κ3) is 8.00. The molecule has 0 aliphatic heterocycles. The van der Waals surface area contributed by atoms with Gasteiger partial charge in [-0.3, -0.25) is 0 Å². The summed E-state index contributed by atoms with van der Waals surface area (Å²) in [4.78, 5) is 0. The number of halogens is 10. The fraction of sp³-hybridized carbons (Fsp3) is 0.0769. The summed E-state index contributed by atoms with van der Waals surface area (Å²) in [6.07, 6.45) is -0.607. The van der Waals surface area contributed by atoms with Crippen LogP contribution in [0.25, 0.3) is 0 Å². The minimum atomic E-state index is -3.05. The average molecular weight is 863 g/mol. The van der Waals surface area contributed by atoms with Gasteiger partial charge >= 0.3 is 0 Å². The number of benzene rings is 8. The molecule has 0 amide bonds. The van der Waals surface area contributed by atoms with Crippen molar-refractivity contribution in [2.24, 2.45) is 0 Å². The Hall–Kier alpha value is -6.98. The van der Waals surface area contributed by atoms with Crippen molar-refractivity contribution in [3.63, 3.8) is 0 Å². The lowest BCUT2D eigenvalue weighted by Gasteiger charge is -2.46. The summed E-state index contributed by atoms with van der Waals surface area (Å²) in [5, 5.41) is 0. The second-order valence-corrected chi connectivity index (χ2v) is 14.9. The first kappa shape index (κ1) is 42.7. The molecule has 0 aromatic heterocycles. The first-order valence-corrected chi connectivity index (χ1v) is 19.5. The summed E-state index contributed by atoms with van der Waals surface area (Å²) in [6, 6.07) is 32.6. The van der Waals surface area contributed by atoms with E-state index in [1.165, 1.54) is 0 Å². The van der Waals surface area contributed by atoms with Gasteiger partial charge in [-0.2, -0.15) is 0 Å². The summed E-state index contributed by atoms with van der Waals surface area (Å²) in [5.41, 5.74) is -10.2. The molecule has 8 aromatic rings. The summed E-state index contributed by atoms with van der Waals surface area (Å²) in [7, 11) is 0. The molecule has 8 rings (SSSR count). The van der Waals surface area contributed by atoms with Gasteiger partial charge in [0.1, 0.15) is 34.9 Å². The van der Waals surface area contributed by atoms with Crippen LogP contribution in [0.1, 0.15) is 55.6 Å². The first-order chi connectivity index (χ1) is 30.3. The van der Waals surface area contributed by atoms with Crippen molar-refractivity contribution in [3.05, 3.63) is 284 Å². The van der Waals surface area contributed by atoms with Crippen LogP contribution in [-0.4, -0.2) is 0 Å². The highest BCUT2D eigenvalue weighted by molar-refractivity contribution is 5.55. The summed E-state index contributed by atoms with van der Waals surface area (Å²) >= 11 is 0. The normalized spacial score (nSPS) is 11.8. The predicted octanol–water partition coefficient (Wildman–Crippen LogP) is 13.6. The third-order valence-electron chi connectivity index (χ3n) is 11.0. The topological polar surface area (TPSA) is 9.23 Å². The highest BCUT2D eigenvalue weighted by Crippen LogP contribution is 2.54. The lowest BCUT2D eigenvalue weighted by atomic mass is 9.74. The van der Waals surface area contributed by atoms with Crippen molar-refractivity contribution in [2.75, 3.05) is 0 Å². The quantitative estimate of drug-likeness (QED) is 0.0675. The summed E-state index contributed by atoms with van der Waals surface area (Å²) in [5.74, 6) is -13.3.